The molecule has 0 aliphatic heterocycles. The van der Waals surface area contributed by atoms with Crippen molar-refractivity contribution in [2.75, 3.05) is 27.2 Å². The number of nitrogens with zero attached hydrogens (tertiary/aromatic N) is 2. The second kappa shape index (κ2) is 11.6. The van der Waals surface area contributed by atoms with Crippen LogP contribution in [0.15, 0.2) is 64.2 Å². The van der Waals surface area contributed by atoms with Gasteiger partial charge in [0, 0.05) is 26.6 Å². The van der Waals surface area contributed by atoms with Crippen molar-refractivity contribution in [3.05, 3.63) is 66.1 Å². The summed E-state index contributed by atoms with van der Waals surface area (Å²) in [4.78, 5) is 6.82. The lowest BCUT2D eigenvalue weighted by atomic mass is 10.2. The van der Waals surface area contributed by atoms with Gasteiger partial charge >= 0.3 is 0 Å². The minimum absolute atomic E-state index is 0. The van der Waals surface area contributed by atoms with Crippen LogP contribution in [0.1, 0.15) is 18.2 Å². The van der Waals surface area contributed by atoms with E-state index < -0.39 is 0 Å². The van der Waals surface area contributed by atoms with Crippen LogP contribution in [0, 0.1) is 0 Å². The van der Waals surface area contributed by atoms with Crippen molar-refractivity contribution in [1.29, 1.82) is 0 Å². The molecule has 1 aromatic heterocycles. The Morgan fingerprint density at radius 3 is 2.58 bits per heavy atom. The summed E-state index contributed by atoms with van der Waals surface area (Å²) in [5, 5.41) is 3.41. The number of hydrogen-bond acceptors (Lipinski definition) is 3. The Hall–Kier alpha value is -1.96. The molecule has 0 aliphatic rings. The molecule has 0 amide bonds. The lowest BCUT2D eigenvalue weighted by Crippen LogP contribution is -2.40. The molecule has 0 unspecified atom stereocenters. The molecular weight excluding hydrogens is 441 g/mol. The van der Waals surface area contributed by atoms with E-state index in [1.807, 2.05) is 50.4 Å². The third-order valence-electron chi connectivity index (χ3n) is 3.67. The molecule has 5 nitrogen and oxygen atoms in total. The molecule has 0 atom stereocenters. The van der Waals surface area contributed by atoms with Crippen LogP contribution in [-0.4, -0.2) is 38.1 Å². The summed E-state index contributed by atoms with van der Waals surface area (Å²) in [6, 6.07) is 11.8. The van der Waals surface area contributed by atoms with Crippen LogP contribution in [-0.2, 0) is 13.0 Å². The van der Waals surface area contributed by atoms with E-state index in [1.54, 1.807) is 13.4 Å². The van der Waals surface area contributed by atoms with E-state index in [-0.39, 0.29) is 24.0 Å². The van der Waals surface area contributed by atoms with Crippen LogP contribution in [0.2, 0.25) is 0 Å². The number of hydrogen-bond donors (Lipinski definition) is 1. The Bertz CT molecular complexity index is 682. The molecule has 2 rings (SSSR count). The fourth-order valence-electron chi connectivity index (χ4n) is 2.44. The number of furan rings is 1. The minimum atomic E-state index is 0. The van der Waals surface area contributed by atoms with Crippen molar-refractivity contribution in [2.45, 2.75) is 19.9 Å². The van der Waals surface area contributed by atoms with Gasteiger partial charge in [0.05, 0.1) is 19.9 Å². The van der Waals surface area contributed by atoms with Crippen molar-refractivity contribution in [3.8, 4) is 5.75 Å². The molecule has 1 N–H and O–H groups in total. The first-order chi connectivity index (χ1) is 12.1. The summed E-state index contributed by atoms with van der Waals surface area (Å²) in [7, 11) is 3.68. The first-order valence-electron chi connectivity index (χ1n) is 8.37. The largest absolute Gasteiger partial charge is 0.497 e. The maximum absolute atomic E-state index is 5.37. The first-order valence-corrected chi connectivity index (χ1v) is 8.37. The zero-order valence-electron chi connectivity index (χ0n) is 15.7. The van der Waals surface area contributed by atoms with Gasteiger partial charge < -0.3 is 19.4 Å². The molecule has 142 valence electrons. The van der Waals surface area contributed by atoms with Gasteiger partial charge in [0.15, 0.2) is 5.96 Å². The number of rotatable bonds is 8. The van der Waals surface area contributed by atoms with Gasteiger partial charge in [-0.25, -0.2) is 4.99 Å². The van der Waals surface area contributed by atoms with E-state index >= 15 is 0 Å². The molecule has 0 fully saturated rings. The second-order valence-corrected chi connectivity index (χ2v) is 6.06. The third kappa shape index (κ3) is 7.51. The zero-order chi connectivity index (χ0) is 18.1. The van der Waals surface area contributed by atoms with Gasteiger partial charge in [0.1, 0.15) is 11.5 Å². The molecule has 0 aliphatic carbocycles. The van der Waals surface area contributed by atoms with Crippen LogP contribution < -0.4 is 10.1 Å². The van der Waals surface area contributed by atoms with Gasteiger partial charge in [0.2, 0.25) is 0 Å². The highest BCUT2D eigenvalue weighted by Gasteiger charge is 2.07. The van der Waals surface area contributed by atoms with Crippen LogP contribution >= 0.6 is 24.0 Å². The molecule has 0 saturated carbocycles. The van der Waals surface area contributed by atoms with Crippen LogP contribution in [0.5, 0.6) is 5.75 Å². The van der Waals surface area contributed by atoms with E-state index in [4.69, 9.17) is 14.1 Å². The number of nitrogens with one attached hydrogen (secondary N) is 1. The highest BCUT2D eigenvalue weighted by molar-refractivity contribution is 14.0. The molecule has 1 aromatic carbocycles. The van der Waals surface area contributed by atoms with Crippen molar-refractivity contribution < 1.29 is 9.15 Å². The maximum atomic E-state index is 5.37. The van der Waals surface area contributed by atoms with Crippen molar-refractivity contribution in [2.24, 2.45) is 4.99 Å². The van der Waals surface area contributed by atoms with Crippen molar-refractivity contribution in [3.63, 3.8) is 0 Å². The summed E-state index contributed by atoms with van der Waals surface area (Å²) in [5.41, 5.74) is 2.22. The van der Waals surface area contributed by atoms with Gasteiger partial charge in [-0.15, -0.1) is 24.0 Å². The number of methoxy groups -OCH3 is 1. The smallest absolute Gasteiger partial charge is 0.194 e. The predicted octanol–water partition coefficient (Wildman–Crippen LogP) is 4.10. The first kappa shape index (κ1) is 22.1. The van der Waals surface area contributed by atoms with E-state index in [1.165, 1.54) is 0 Å². The van der Waals surface area contributed by atoms with Gasteiger partial charge in [-0.1, -0.05) is 24.3 Å². The third-order valence-corrected chi connectivity index (χ3v) is 3.67. The number of benzene rings is 1. The average molecular weight is 469 g/mol. The lowest BCUT2D eigenvalue weighted by molar-refractivity contribution is 0.414. The van der Waals surface area contributed by atoms with Gasteiger partial charge in [-0.2, -0.15) is 0 Å². The van der Waals surface area contributed by atoms with E-state index in [2.05, 4.69) is 16.8 Å². The molecule has 1 heterocycles. The average Bonchev–Trinajstić information content (AvgIpc) is 3.11. The van der Waals surface area contributed by atoms with Gasteiger partial charge in [0.25, 0.3) is 0 Å². The highest BCUT2D eigenvalue weighted by atomic mass is 127. The predicted molar refractivity (Wildman–Crippen MR) is 117 cm³/mol. The fraction of sp³-hybridized carbons (Fsp3) is 0.350. The fourth-order valence-corrected chi connectivity index (χ4v) is 2.44. The van der Waals surface area contributed by atoms with Crippen molar-refractivity contribution in [1.82, 2.24) is 10.2 Å². The van der Waals surface area contributed by atoms with E-state index in [0.717, 1.165) is 48.1 Å². The summed E-state index contributed by atoms with van der Waals surface area (Å²) < 4.78 is 10.6. The second-order valence-electron chi connectivity index (χ2n) is 6.06. The van der Waals surface area contributed by atoms with Crippen LogP contribution in [0.4, 0.5) is 0 Å². The molecule has 0 radical (unpaired) electrons. The number of ether oxygens (including phenoxy) is 1. The topological polar surface area (TPSA) is 50.0 Å². The van der Waals surface area contributed by atoms with Crippen LogP contribution in [0.3, 0.4) is 0 Å². The normalized spacial score (nSPS) is 10.8. The Labute approximate surface area is 173 Å². The summed E-state index contributed by atoms with van der Waals surface area (Å²) in [6.07, 6.45) is 2.51. The van der Waals surface area contributed by atoms with E-state index in [0.29, 0.717) is 6.54 Å². The number of halogens is 1. The summed E-state index contributed by atoms with van der Waals surface area (Å²) in [6.45, 7) is 8.12. The van der Waals surface area contributed by atoms with Gasteiger partial charge in [-0.05, 0) is 36.8 Å². The Kier molecular flexibility index (Phi) is 9.87. The van der Waals surface area contributed by atoms with Crippen molar-refractivity contribution >= 4 is 29.9 Å². The molecule has 6 heteroatoms. The molecule has 0 bridgehead atoms. The minimum Gasteiger partial charge on any atom is -0.497 e. The Balaban J connectivity index is 0.00000338. The molecule has 0 spiro atoms. The summed E-state index contributed by atoms with van der Waals surface area (Å²) in [5.74, 6) is 2.67. The molecular formula is C20H28IN3O2. The number of aliphatic imine (C=N–C) groups is 1. The number of likely N-dealkylation sites (N-methyl/N-ethyl adjacent to an activating group) is 1. The molecule has 0 saturated heterocycles. The van der Waals surface area contributed by atoms with E-state index in [9.17, 15) is 0 Å². The standard InChI is InChI=1S/C20H27N3O2.HI/c1-16(2)15-23(3)20(21-12-11-19-6-5-13-25-19)22-14-17-7-9-18(24-4)10-8-17;/h5-10,13H,1,11-12,14-15H2,2-4H3,(H,21,22);1H. The van der Waals surface area contributed by atoms with Gasteiger partial charge in [-0.3, -0.25) is 0 Å². The monoisotopic (exact) mass is 469 g/mol. The molecule has 26 heavy (non-hydrogen) atoms. The Morgan fingerprint density at radius 2 is 2.00 bits per heavy atom. The number of guanidine groups is 1. The lowest BCUT2D eigenvalue weighted by Gasteiger charge is -2.22. The Morgan fingerprint density at radius 1 is 1.27 bits per heavy atom. The van der Waals surface area contributed by atoms with Crippen LogP contribution in [0.25, 0.3) is 0 Å². The zero-order valence-corrected chi connectivity index (χ0v) is 18.0. The molecule has 2 aromatic rings. The summed E-state index contributed by atoms with van der Waals surface area (Å²) >= 11 is 0. The SMILES string of the molecule is C=C(C)CN(C)C(=NCc1ccc(OC)cc1)NCCc1ccco1.I. The quantitative estimate of drug-likeness (QED) is 0.274. The highest BCUT2D eigenvalue weighted by Crippen LogP contribution is 2.12. The maximum Gasteiger partial charge on any atom is 0.194 e.